The highest BCUT2D eigenvalue weighted by molar-refractivity contribution is 5.88. The van der Waals surface area contributed by atoms with Crippen LogP contribution >= 0.6 is 0 Å². The molecule has 5 rings (SSSR count). The monoisotopic (exact) mass is 457 g/mol. The van der Waals surface area contributed by atoms with Crippen LogP contribution < -0.4 is 0 Å². The fourth-order valence-corrected chi connectivity index (χ4v) is 5.77. The van der Waals surface area contributed by atoms with Crippen LogP contribution in [-0.2, 0) is 21.4 Å². The van der Waals surface area contributed by atoms with Crippen LogP contribution in [0.25, 0.3) is 10.9 Å². The van der Waals surface area contributed by atoms with Gasteiger partial charge < -0.3 is 14.5 Å². The predicted molar refractivity (Wildman–Crippen MR) is 136 cm³/mol. The molecule has 34 heavy (non-hydrogen) atoms. The molecule has 3 aromatic rings. The number of rotatable bonds is 4. The van der Waals surface area contributed by atoms with Crippen LogP contribution in [0.15, 0.2) is 60.8 Å². The first-order chi connectivity index (χ1) is 16.5. The summed E-state index contributed by atoms with van der Waals surface area (Å²) in [5, 5.41) is 1.22. The fourth-order valence-electron chi connectivity index (χ4n) is 5.77. The summed E-state index contributed by atoms with van der Waals surface area (Å²) in [6.45, 7) is 6.83. The van der Waals surface area contributed by atoms with Gasteiger partial charge in [0.1, 0.15) is 0 Å². The fraction of sp³-hybridized carbons (Fsp3) is 0.448. The second-order valence-electron chi connectivity index (χ2n) is 10.1. The molecule has 178 valence electrons. The van der Waals surface area contributed by atoms with Crippen LogP contribution in [0.4, 0.5) is 0 Å². The van der Waals surface area contributed by atoms with Gasteiger partial charge >= 0.3 is 0 Å². The van der Waals surface area contributed by atoms with Gasteiger partial charge in [0.15, 0.2) is 0 Å². The maximum Gasteiger partial charge on any atom is 0.233 e. The summed E-state index contributed by atoms with van der Waals surface area (Å²) in [5.41, 5.74) is 4.23. The number of ether oxygens (including phenoxy) is 1. The van der Waals surface area contributed by atoms with Gasteiger partial charge in [-0.1, -0.05) is 48.0 Å². The lowest BCUT2D eigenvalue weighted by Crippen LogP contribution is -2.51. The average molecular weight is 458 g/mol. The molecule has 0 radical (unpaired) electrons. The van der Waals surface area contributed by atoms with E-state index >= 15 is 0 Å². The minimum Gasteiger partial charge on any atom is -0.381 e. The Balaban J connectivity index is 1.42. The van der Waals surface area contributed by atoms with Crippen molar-refractivity contribution in [3.8, 4) is 0 Å². The highest BCUT2D eigenvalue weighted by Crippen LogP contribution is 2.37. The van der Waals surface area contributed by atoms with E-state index in [9.17, 15) is 4.79 Å². The van der Waals surface area contributed by atoms with E-state index < -0.39 is 5.41 Å². The lowest BCUT2D eigenvalue weighted by Gasteiger charge is -2.40. The van der Waals surface area contributed by atoms with Gasteiger partial charge in [0.2, 0.25) is 5.91 Å². The van der Waals surface area contributed by atoms with E-state index in [4.69, 9.17) is 4.74 Å². The zero-order valence-electron chi connectivity index (χ0n) is 20.4. The minimum absolute atomic E-state index is 0.277. The molecule has 5 nitrogen and oxygen atoms in total. The van der Waals surface area contributed by atoms with Crippen LogP contribution in [0, 0.1) is 12.8 Å². The number of carbonyl (C=O) groups excluding carboxylic acids is 1. The third-order valence-corrected chi connectivity index (χ3v) is 7.69. The molecule has 0 saturated carbocycles. The largest absolute Gasteiger partial charge is 0.381 e. The van der Waals surface area contributed by atoms with Crippen LogP contribution in [0.3, 0.4) is 0 Å². The molecular weight excluding hydrogens is 422 g/mol. The van der Waals surface area contributed by atoms with E-state index in [1.165, 1.54) is 16.5 Å². The van der Waals surface area contributed by atoms with Gasteiger partial charge in [-0.15, -0.1) is 0 Å². The van der Waals surface area contributed by atoms with Crippen LogP contribution in [0.5, 0.6) is 0 Å². The molecule has 5 heteroatoms. The molecule has 1 amide bonds. The molecule has 0 N–H and O–H groups in total. The standard InChI is InChI=1S/C29H35N3O2/c1-22-8-10-25(11-9-22)29(12-17-34-18-13-29)28(33)32-16-15-31(2)20-23(21-32)19-24-5-3-7-27-26(24)6-4-14-30-27/h3-11,14,23H,12-13,15-21H2,1-2H3/t23-/m1/s1. The maximum absolute atomic E-state index is 14.3. The summed E-state index contributed by atoms with van der Waals surface area (Å²) in [5.74, 6) is 0.650. The number of amides is 1. The Morgan fingerprint density at radius 2 is 1.82 bits per heavy atom. The van der Waals surface area contributed by atoms with Gasteiger partial charge in [0, 0.05) is 51.0 Å². The zero-order chi connectivity index (χ0) is 23.5. The Labute approximate surface area is 202 Å². The number of carbonyl (C=O) groups is 1. The van der Waals surface area contributed by atoms with Crippen LogP contribution in [0.2, 0.25) is 0 Å². The van der Waals surface area contributed by atoms with Crippen molar-refractivity contribution >= 4 is 16.8 Å². The van der Waals surface area contributed by atoms with Crippen LogP contribution in [-0.4, -0.2) is 67.1 Å². The Hall–Kier alpha value is -2.76. The highest BCUT2D eigenvalue weighted by atomic mass is 16.5. The predicted octanol–water partition coefficient (Wildman–Crippen LogP) is 4.22. The van der Waals surface area contributed by atoms with Gasteiger partial charge in [-0.3, -0.25) is 9.78 Å². The Bertz CT molecular complexity index is 1130. The van der Waals surface area contributed by atoms with E-state index in [2.05, 4.69) is 77.3 Å². The maximum atomic E-state index is 14.3. The third-order valence-electron chi connectivity index (χ3n) is 7.69. The highest BCUT2D eigenvalue weighted by Gasteiger charge is 2.44. The van der Waals surface area contributed by atoms with Crippen molar-refractivity contribution in [2.24, 2.45) is 5.92 Å². The van der Waals surface area contributed by atoms with Crippen molar-refractivity contribution in [3.05, 3.63) is 77.5 Å². The van der Waals surface area contributed by atoms with E-state index in [0.29, 0.717) is 19.1 Å². The lowest BCUT2D eigenvalue weighted by molar-refractivity contribution is -0.141. The number of fused-ring (bicyclic) bond motifs is 1. The summed E-state index contributed by atoms with van der Waals surface area (Å²) < 4.78 is 5.71. The minimum atomic E-state index is -0.483. The lowest BCUT2D eigenvalue weighted by atomic mass is 9.72. The van der Waals surface area contributed by atoms with E-state index in [-0.39, 0.29) is 5.91 Å². The first kappa shape index (κ1) is 23.0. The summed E-state index contributed by atoms with van der Waals surface area (Å²) in [4.78, 5) is 23.3. The van der Waals surface area contributed by atoms with Crippen molar-refractivity contribution in [3.63, 3.8) is 0 Å². The summed E-state index contributed by atoms with van der Waals surface area (Å²) in [6.07, 6.45) is 4.30. The molecule has 2 saturated heterocycles. The molecule has 2 fully saturated rings. The normalized spacial score (nSPS) is 21.4. The van der Waals surface area contributed by atoms with Crippen LogP contribution in [0.1, 0.15) is 29.5 Å². The molecule has 1 atom stereocenters. The molecule has 0 aliphatic carbocycles. The second-order valence-corrected chi connectivity index (χ2v) is 10.1. The first-order valence-electron chi connectivity index (χ1n) is 12.5. The number of hydrogen-bond donors (Lipinski definition) is 0. The summed E-state index contributed by atoms with van der Waals surface area (Å²) in [7, 11) is 2.18. The molecule has 0 unspecified atom stereocenters. The quantitative estimate of drug-likeness (QED) is 0.588. The molecule has 1 aromatic heterocycles. The molecule has 0 spiro atoms. The van der Waals surface area contributed by atoms with Crippen molar-refractivity contribution in [1.29, 1.82) is 0 Å². The smallest absolute Gasteiger partial charge is 0.233 e. The molecule has 2 aliphatic heterocycles. The summed E-state index contributed by atoms with van der Waals surface area (Å²) in [6, 6.07) is 19.1. The second kappa shape index (κ2) is 9.85. The van der Waals surface area contributed by atoms with Gasteiger partial charge in [-0.25, -0.2) is 0 Å². The molecule has 2 aliphatic rings. The molecule has 2 aromatic carbocycles. The topological polar surface area (TPSA) is 45.7 Å². The number of hydrogen-bond acceptors (Lipinski definition) is 4. The van der Waals surface area contributed by atoms with Crippen molar-refractivity contribution in [2.45, 2.75) is 31.6 Å². The average Bonchev–Trinajstić information content (AvgIpc) is 3.05. The van der Waals surface area contributed by atoms with E-state index in [1.807, 2.05) is 12.3 Å². The number of nitrogens with zero attached hydrogens (tertiary/aromatic N) is 3. The number of likely N-dealkylation sites (N-methyl/N-ethyl adjacent to an activating group) is 1. The number of aryl methyl sites for hydroxylation is 1. The van der Waals surface area contributed by atoms with Crippen molar-refractivity contribution in [2.75, 3.05) is 46.4 Å². The van der Waals surface area contributed by atoms with Gasteiger partial charge in [-0.05, 0) is 62.4 Å². The van der Waals surface area contributed by atoms with Gasteiger partial charge in [-0.2, -0.15) is 0 Å². The van der Waals surface area contributed by atoms with Gasteiger partial charge in [0.05, 0.1) is 10.9 Å². The molecule has 3 heterocycles. The number of pyridine rings is 1. The molecular formula is C29H35N3O2. The Kier molecular flexibility index (Phi) is 6.66. The molecule has 0 bridgehead atoms. The zero-order valence-corrected chi connectivity index (χ0v) is 20.4. The van der Waals surface area contributed by atoms with Crippen molar-refractivity contribution in [1.82, 2.24) is 14.8 Å². The Morgan fingerprint density at radius 3 is 2.62 bits per heavy atom. The SMILES string of the molecule is Cc1ccc(C2(C(=O)N3CCN(C)C[C@@H](Cc4cccc5ncccc45)C3)CCOCC2)cc1. The van der Waals surface area contributed by atoms with E-state index in [0.717, 1.165) is 56.5 Å². The third kappa shape index (κ3) is 4.59. The van der Waals surface area contributed by atoms with Crippen molar-refractivity contribution < 1.29 is 9.53 Å². The van der Waals surface area contributed by atoms with Gasteiger partial charge in [0.25, 0.3) is 0 Å². The number of aromatic nitrogens is 1. The Morgan fingerprint density at radius 1 is 1.03 bits per heavy atom. The van der Waals surface area contributed by atoms with E-state index in [1.54, 1.807) is 0 Å². The first-order valence-corrected chi connectivity index (χ1v) is 12.5. The number of benzene rings is 2. The summed E-state index contributed by atoms with van der Waals surface area (Å²) >= 11 is 0.